The van der Waals surface area contributed by atoms with Gasteiger partial charge in [-0.2, -0.15) is 5.26 Å². The van der Waals surface area contributed by atoms with Crippen LogP contribution in [0.1, 0.15) is 30.9 Å². The third-order valence-corrected chi connectivity index (χ3v) is 4.07. The first-order valence-corrected chi connectivity index (χ1v) is 7.25. The Labute approximate surface area is 120 Å². The van der Waals surface area contributed by atoms with Crippen LogP contribution in [0.3, 0.4) is 0 Å². The highest BCUT2D eigenvalue weighted by Gasteiger charge is 2.23. The predicted molar refractivity (Wildman–Crippen MR) is 77.7 cm³/mol. The van der Waals surface area contributed by atoms with Crippen molar-refractivity contribution in [2.24, 2.45) is 0 Å². The van der Waals surface area contributed by atoms with Crippen LogP contribution in [-0.4, -0.2) is 42.5 Å². The summed E-state index contributed by atoms with van der Waals surface area (Å²) in [7, 11) is 2.14. The van der Waals surface area contributed by atoms with Gasteiger partial charge in [0, 0.05) is 31.2 Å². The summed E-state index contributed by atoms with van der Waals surface area (Å²) in [6, 6.07) is 7.46. The summed E-state index contributed by atoms with van der Waals surface area (Å²) in [5.41, 5.74) is 0.773. The van der Waals surface area contributed by atoms with Gasteiger partial charge in [-0.3, -0.25) is 4.90 Å². The zero-order chi connectivity index (χ0) is 14.5. The maximum absolute atomic E-state index is 14.2. The number of halogens is 1. The van der Waals surface area contributed by atoms with Gasteiger partial charge in [-0.05, 0) is 32.5 Å². The van der Waals surface area contributed by atoms with E-state index in [0.717, 1.165) is 32.5 Å². The number of likely N-dealkylation sites (N-methyl/N-ethyl adjacent to an activating group) is 1. The number of hydrogen-bond acceptors (Lipinski definition) is 3. The molecule has 108 valence electrons. The minimum Gasteiger partial charge on any atom is -0.305 e. The first kappa shape index (κ1) is 15.0. The second-order valence-corrected chi connectivity index (χ2v) is 5.54. The second kappa shape index (κ2) is 6.83. The van der Waals surface area contributed by atoms with E-state index >= 15 is 0 Å². The maximum atomic E-state index is 14.2. The second-order valence-electron chi connectivity index (χ2n) is 5.54. The fourth-order valence-electron chi connectivity index (χ4n) is 2.90. The third-order valence-electron chi connectivity index (χ3n) is 4.07. The fourth-order valence-corrected chi connectivity index (χ4v) is 2.90. The Balaban J connectivity index is 2.17. The van der Waals surface area contributed by atoms with Gasteiger partial charge in [-0.25, -0.2) is 4.39 Å². The van der Waals surface area contributed by atoms with Gasteiger partial charge in [0.1, 0.15) is 11.9 Å². The molecule has 0 aromatic heterocycles. The van der Waals surface area contributed by atoms with Gasteiger partial charge in [0.25, 0.3) is 0 Å². The van der Waals surface area contributed by atoms with Gasteiger partial charge in [-0.15, -0.1) is 0 Å². The van der Waals surface area contributed by atoms with Crippen LogP contribution < -0.4 is 0 Å². The summed E-state index contributed by atoms with van der Waals surface area (Å²) < 4.78 is 14.2. The van der Waals surface area contributed by atoms with E-state index in [9.17, 15) is 4.39 Å². The number of rotatable bonds is 3. The van der Waals surface area contributed by atoms with Crippen LogP contribution in [0, 0.1) is 17.1 Å². The van der Waals surface area contributed by atoms with Gasteiger partial charge in [-0.1, -0.05) is 19.1 Å². The molecular weight excluding hydrogens is 253 g/mol. The molecule has 1 aliphatic rings. The van der Waals surface area contributed by atoms with E-state index in [4.69, 9.17) is 5.26 Å². The summed E-state index contributed by atoms with van der Waals surface area (Å²) in [4.78, 5) is 4.69. The van der Waals surface area contributed by atoms with Crippen molar-refractivity contribution in [1.82, 2.24) is 9.80 Å². The first-order valence-electron chi connectivity index (χ1n) is 7.25. The van der Waals surface area contributed by atoms with Crippen LogP contribution in [0.15, 0.2) is 18.2 Å². The highest BCUT2D eigenvalue weighted by Crippen LogP contribution is 2.19. The van der Waals surface area contributed by atoms with Gasteiger partial charge < -0.3 is 4.90 Å². The smallest absolute Gasteiger partial charge is 0.145 e. The Morgan fingerprint density at radius 3 is 2.90 bits per heavy atom. The van der Waals surface area contributed by atoms with Crippen LogP contribution in [0.2, 0.25) is 0 Å². The van der Waals surface area contributed by atoms with Crippen molar-refractivity contribution in [3.05, 3.63) is 35.1 Å². The van der Waals surface area contributed by atoms with E-state index in [1.807, 2.05) is 6.07 Å². The Morgan fingerprint density at radius 2 is 2.20 bits per heavy atom. The minimum absolute atomic E-state index is 0.141. The molecule has 1 unspecified atom stereocenters. The highest BCUT2D eigenvalue weighted by molar-refractivity contribution is 5.34. The summed E-state index contributed by atoms with van der Waals surface area (Å²) >= 11 is 0. The van der Waals surface area contributed by atoms with E-state index in [-0.39, 0.29) is 11.4 Å². The summed E-state index contributed by atoms with van der Waals surface area (Å²) in [6.07, 6.45) is 2.16. The van der Waals surface area contributed by atoms with E-state index in [1.54, 1.807) is 12.1 Å². The number of nitriles is 1. The van der Waals surface area contributed by atoms with Crippen LogP contribution in [0.4, 0.5) is 4.39 Å². The number of hydrogen-bond donors (Lipinski definition) is 0. The zero-order valence-electron chi connectivity index (χ0n) is 12.3. The fraction of sp³-hybridized carbons (Fsp3) is 0.562. The Bertz CT molecular complexity index is 495. The average molecular weight is 275 g/mol. The average Bonchev–Trinajstić information content (AvgIpc) is 2.62. The standard InChI is InChI=1S/C16H22FN3/c1-3-15-12-19(2)8-5-9-20(15)11-14-7-4-6-13(10-18)16(14)17/h4,6-7,15H,3,5,8-9,11-12H2,1-2H3. The monoisotopic (exact) mass is 275 g/mol. The summed E-state index contributed by atoms with van der Waals surface area (Å²) in [5, 5.41) is 8.92. The molecule has 0 saturated carbocycles. The van der Waals surface area contributed by atoms with E-state index < -0.39 is 0 Å². The quantitative estimate of drug-likeness (QED) is 0.849. The van der Waals surface area contributed by atoms with Crippen molar-refractivity contribution in [2.45, 2.75) is 32.4 Å². The molecule has 1 fully saturated rings. The molecule has 1 heterocycles. The first-order chi connectivity index (χ1) is 9.65. The van der Waals surface area contributed by atoms with E-state index in [1.165, 1.54) is 6.07 Å². The molecule has 1 aromatic carbocycles. The zero-order valence-corrected chi connectivity index (χ0v) is 12.3. The lowest BCUT2D eigenvalue weighted by atomic mass is 10.1. The molecule has 0 radical (unpaired) electrons. The van der Waals surface area contributed by atoms with Crippen molar-refractivity contribution in [3.8, 4) is 6.07 Å². The van der Waals surface area contributed by atoms with Crippen LogP contribution in [0.25, 0.3) is 0 Å². The molecular formula is C16H22FN3. The van der Waals surface area contributed by atoms with Gasteiger partial charge in [0.15, 0.2) is 0 Å². The molecule has 0 spiro atoms. The van der Waals surface area contributed by atoms with E-state index in [0.29, 0.717) is 18.2 Å². The molecule has 20 heavy (non-hydrogen) atoms. The predicted octanol–water partition coefficient (Wildman–Crippen LogP) is 2.61. The van der Waals surface area contributed by atoms with Gasteiger partial charge in [0.2, 0.25) is 0 Å². The summed E-state index contributed by atoms with van der Waals surface area (Å²) in [5.74, 6) is -0.359. The lowest BCUT2D eigenvalue weighted by Crippen LogP contribution is -2.39. The molecule has 2 rings (SSSR count). The molecule has 1 aromatic rings. The molecule has 0 amide bonds. The largest absolute Gasteiger partial charge is 0.305 e. The van der Waals surface area contributed by atoms with Crippen LogP contribution in [-0.2, 0) is 6.54 Å². The topological polar surface area (TPSA) is 30.3 Å². The van der Waals surface area contributed by atoms with Crippen molar-refractivity contribution >= 4 is 0 Å². The van der Waals surface area contributed by atoms with Crippen molar-refractivity contribution in [2.75, 3.05) is 26.7 Å². The number of benzene rings is 1. The van der Waals surface area contributed by atoms with Crippen molar-refractivity contribution < 1.29 is 4.39 Å². The molecule has 0 N–H and O–H groups in total. The van der Waals surface area contributed by atoms with Crippen molar-refractivity contribution in [3.63, 3.8) is 0 Å². The third kappa shape index (κ3) is 3.36. The SMILES string of the molecule is CCC1CN(C)CCCN1Cc1cccc(C#N)c1F. The highest BCUT2D eigenvalue weighted by atomic mass is 19.1. The Morgan fingerprint density at radius 1 is 1.40 bits per heavy atom. The normalized spacial score (nSPS) is 21.4. The molecule has 1 saturated heterocycles. The minimum atomic E-state index is -0.359. The molecule has 1 atom stereocenters. The van der Waals surface area contributed by atoms with Crippen molar-refractivity contribution in [1.29, 1.82) is 5.26 Å². The molecule has 0 bridgehead atoms. The van der Waals surface area contributed by atoms with Crippen LogP contribution >= 0.6 is 0 Å². The molecule has 1 aliphatic heterocycles. The molecule has 4 heteroatoms. The van der Waals surface area contributed by atoms with Gasteiger partial charge in [0.05, 0.1) is 5.56 Å². The molecule has 0 aliphatic carbocycles. The lowest BCUT2D eigenvalue weighted by Gasteiger charge is -2.30. The Kier molecular flexibility index (Phi) is 5.11. The maximum Gasteiger partial charge on any atom is 0.145 e. The summed E-state index contributed by atoms with van der Waals surface area (Å²) in [6.45, 7) is 5.87. The molecule has 3 nitrogen and oxygen atoms in total. The van der Waals surface area contributed by atoms with Crippen LogP contribution in [0.5, 0.6) is 0 Å². The lowest BCUT2D eigenvalue weighted by molar-refractivity contribution is 0.174. The Hall–Kier alpha value is -1.44. The van der Waals surface area contributed by atoms with E-state index in [2.05, 4.69) is 23.8 Å². The number of nitrogens with zero attached hydrogens (tertiary/aromatic N) is 3. The van der Waals surface area contributed by atoms with Gasteiger partial charge >= 0.3 is 0 Å².